The van der Waals surface area contributed by atoms with E-state index in [1.54, 1.807) is 6.07 Å². The summed E-state index contributed by atoms with van der Waals surface area (Å²) in [6.07, 6.45) is 0. The highest BCUT2D eigenvalue weighted by Crippen LogP contribution is 2.33. The van der Waals surface area contributed by atoms with Crippen LogP contribution in [-0.2, 0) is 0 Å². The molecule has 2 aromatic carbocycles. The van der Waals surface area contributed by atoms with Crippen molar-refractivity contribution in [3.8, 4) is 11.4 Å². The van der Waals surface area contributed by atoms with E-state index >= 15 is 0 Å². The summed E-state index contributed by atoms with van der Waals surface area (Å²) >= 11 is 18.7. The molecule has 0 saturated heterocycles. The van der Waals surface area contributed by atoms with Crippen LogP contribution in [0.3, 0.4) is 0 Å². The maximum atomic E-state index is 6.31. The zero-order valence-electron chi connectivity index (χ0n) is 11.4. The monoisotopic (exact) mass is 336 g/mol. The maximum Gasteiger partial charge on any atom is 0.161 e. The molecule has 1 heterocycles. The maximum absolute atomic E-state index is 6.31. The van der Waals surface area contributed by atoms with E-state index in [4.69, 9.17) is 34.8 Å². The molecule has 21 heavy (non-hydrogen) atoms. The second-order valence-corrected chi connectivity index (χ2v) is 6.01. The molecule has 0 aliphatic rings. The molecule has 0 radical (unpaired) electrons. The summed E-state index contributed by atoms with van der Waals surface area (Å²) < 4.78 is 0. The first-order valence-corrected chi connectivity index (χ1v) is 7.50. The number of hydrogen-bond donors (Lipinski definition) is 0. The first kappa shape index (κ1) is 14.6. The van der Waals surface area contributed by atoms with E-state index in [1.165, 1.54) is 0 Å². The summed E-state index contributed by atoms with van der Waals surface area (Å²) in [7, 11) is 0. The molecule has 106 valence electrons. The summed E-state index contributed by atoms with van der Waals surface area (Å²) in [5.41, 5.74) is 3.55. The molecule has 0 bridgehead atoms. The van der Waals surface area contributed by atoms with Gasteiger partial charge >= 0.3 is 0 Å². The van der Waals surface area contributed by atoms with Gasteiger partial charge in [0.2, 0.25) is 0 Å². The average molecular weight is 338 g/mol. The first-order chi connectivity index (χ1) is 9.99. The predicted molar refractivity (Wildman–Crippen MR) is 89.5 cm³/mol. The largest absolute Gasteiger partial charge is 0.228 e. The van der Waals surface area contributed by atoms with Gasteiger partial charge in [-0.15, -0.1) is 0 Å². The van der Waals surface area contributed by atoms with Crippen molar-refractivity contribution in [3.05, 3.63) is 56.7 Å². The summed E-state index contributed by atoms with van der Waals surface area (Å²) in [5, 5.41) is 2.26. The molecule has 0 fully saturated rings. The second kappa shape index (κ2) is 5.45. The fourth-order valence-electron chi connectivity index (χ4n) is 2.26. The number of benzene rings is 2. The van der Waals surface area contributed by atoms with E-state index in [1.807, 2.05) is 38.1 Å². The van der Waals surface area contributed by atoms with Gasteiger partial charge in [0.05, 0.1) is 15.9 Å². The molecule has 0 aliphatic heterocycles. The van der Waals surface area contributed by atoms with Crippen molar-refractivity contribution in [2.24, 2.45) is 0 Å². The first-order valence-electron chi connectivity index (χ1n) is 6.37. The Bertz CT molecular complexity index is 860. The van der Waals surface area contributed by atoms with Gasteiger partial charge in [0, 0.05) is 10.6 Å². The minimum absolute atomic E-state index is 0.350. The third-order valence-electron chi connectivity index (χ3n) is 3.47. The number of hydrogen-bond acceptors (Lipinski definition) is 2. The van der Waals surface area contributed by atoms with Crippen LogP contribution in [-0.4, -0.2) is 9.97 Å². The third-order valence-corrected chi connectivity index (χ3v) is 4.46. The van der Waals surface area contributed by atoms with E-state index in [2.05, 4.69) is 9.97 Å². The predicted octanol–water partition coefficient (Wildman–Crippen LogP) is 5.87. The molecule has 0 unspecified atom stereocenters. The zero-order chi connectivity index (χ0) is 15.1. The van der Waals surface area contributed by atoms with E-state index in [0.717, 1.165) is 22.2 Å². The van der Waals surface area contributed by atoms with Crippen molar-refractivity contribution in [3.63, 3.8) is 0 Å². The molecule has 0 atom stereocenters. The van der Waals surface area contributed by atoms with Crippen LogP contribution >= 0.6 is 34.8 Å². The highest BCUT2D eigenvalue weighted by Gasteiger charge is 2.14. The second-order valence-electron chi connectivity index (χ2n) is 4.84. The Kier molecular flexibility index (Phi) is 3.78. The summed E-state index contributed by atoms with van der Waals surface area (Å²) in [4.78, 5) is 9.02. The summed E-state index contributed by atoms with van der Waals surface area (Å²) in [6.45, 7) is 3.90. The molecule has 0 amide bonds. The Morgan fingerprint density at radius 3 is 2.38 bits per heavy atom. The van der Waals surface area contributed by atoms with Crippen LogP contribution in [0.4, 0.5) is 0 Å². The van der Waals surface area contributed by atoms with Crippen LogP contribution in [0.1, 0.15) is 11.1 Å². The normalized spacial score (nSPS) is 11.1. The smallest absolute Gasteiger partial charge is 0.161 e. The van der Waals surface area contributed by atoms with Crippen LogP contribution in [0.25, 0.3) is 22.3 Å². The van der Waals surface area contributed by atoms with E-state index in [9.17, 15) is 0 Å². The fourth-order valence-corrected chi connectivity index (χ4v) is 3.00. The fraction of sp³-hybridized carbons (Fsp3) is 0.125. The molecule has 3 aromatic rings. The molecular weight excluding hydrogens is 327 g/mol. The number of aryl methyl sites for hydroxylation is 1. The highest BCUT2D eigenvalue weighted by atomic mass is 35.5. The van der Waals surface area contributed by atoms with Gasteiger partial charge in [-0.3, -0.25) is 0 Å². The number of aromatic nitrogens is 2. The van der Waals surface area contributed by atoms with Gasteiger partial charge in [0.15, 0.2) is 5.82 Å². The van der Waals surface area contributed by atoms with E-state index < -0.39 is 0 Å². The SMILES string of the molecule is Cc1c(Cl)cccc1-c1nc(Cl)c2c(Cl)ccc(C)c2n1. The Morgan fingerprint density at radius 1 is 0.857 bits per heavy atom. The number of rotatable bonds is 1. The number of fused-ring (bicyclic) bond motifs is 1. The molecule has 2 nitrogen and oxygen atoms in total. The lowest BCUT2D eigenvalue weighted by Gasteiger charge is -2.10. The number of halogens is 3. The minimum atomic E-state index is 0.350. The van der Waals surface area contributed by atoms with Gasteiger partial charge in [-0.1, -0.05) is 53.0 Å². The van der Waals surface area contributed by atoms with Crippen molar-refractivity contribution in [1.82, 2.24) is 9.97 Å². The molecule has 3 rings (SSSR count). The average Bonchev–Trinajstić information content (AvgIpc) is 2.45. The van der Waals surface area contributed by atoms with Gasteiger partial charge < -0.3 is 0 Å². The minimum Gasteiger partial charge on any atom is -0.228 e. The zero-order valence-corrected chi connectivity index (χ0v) is 13.7. The van der Waals surface area contributed by atoms with Crippen LogP contribution in [0, 0.1) is 13.8 Å². The van der Waals surface area contributed by atoms with Crippen LogP contribution in [0.2, 0.25) is 15.2 Å². The van der Waals surface area contributed by atoms with Crippen molar-refractivity contribution in [1.29, 1.82) is 0 Å². The van der Waals surface area contributed by atoms with E-state index in [-0.39, 0.29) is 0 Å². The molecular formula is C16H11Cl3N2. The van der Waals surface area contributed by atoms with Gasteiger partial charge in [-0.05, 0) is 37.1 Å². The summed E-state index contributed by atoms with van der Waals surface area (Å²) in [5.74, 6) is 0.554. The van der Waals surface area contributed by atoms with E-state index in [0.29, 0.717) is 26.4 Å². The van der Waals surface area contributed by atoms with Gasteiger partial charge in [0.25, 0.3) is 0 Å². The molecule has 0 N–H and O–H groups in total. The topological polar surface area (TPSA) is 25.8 Å². The highest BCUT2D eigenvalue weighted by molar-refractivity contribution is 6.41. The lowest BCUT2D eigenvalue weighted by Crippen LogP contribution is -1.96. The Morgan fingerprint density at radius 2 is 1.62 bits per heavy atom. The lowest BCUT2D eigenvalue weighted by atomic mass is 10.1. The number of nitrogens with zero attached hydrogens (tertiary/aromatic N) is 2. The lowest BCUT2D eigenvalue weighted by molar-refractivity contribution is 1.20. The van der Waals surface area contributed by atoms with Gasteiger partial charge in [0.1, 0.15) is 5.15 Å². The molecule has 0 spiro atoms. The quantitative estimate of drug-likeness (QED) is 0.519. The van der Waals surface area contributed by atoms with Crippen LogP contribution < -0.4 is 0 Å². The third kappa shape index (κ3) is 2.48. The summed E-state index contributed by atoms with van der Waals surface area (Å²) in [6, 6.07) is 9.36. The van der Waals surface area contributed by atoms with Crippen molar-refractivity contribution >= 4 is 45.7 Å². The van der Waals surface area contributed by atoms with Gasteiger partial charge in [-0.25, -0.2) is 9.97 Å². The van der Waals surface area contributed by atoms with Crippen LogP contribution in [0.5, 0.6) is 0 Å². The molecule has 0 saturated carbocycles. The molecule has 0 aliphatic carbocycles. The standard InChI is InChI=1S/C16H11Cl3N2/c1-8-6-7-12(18)13-14(8)20-16(21-15(13)19)10-4-3-5-11(17)9(10)2/h3-7H,1-2H3. The van der Waals surface area contributed by atoms with Crippen molar-refractivity contribution < 1.29 is 0 Å². The van der Waals surface area contributed by atoms with Crippen molar-refractivity contribution in [2.45, 2.75) is 13.8 Å². The Labute approximate surface area is 137 Å². The van der Waals surface area contributed by atoms with Crippen molar-refractivity contribution in [2.75, 3.05) is 0 Å². The molecule has 5 heteroatoms. The van der Waals surface area contributed by atoms with Gasteiger partial charge in [-0.2, -0.15) is 0 Å². The molecule has 1 aromatic heterocycles. The Balaban J connectivity index is 2.36. The van der Waals surface area contributed by atoms with Crippen LogP contribution in [0.15, 0.2) is 30.3 Å². The Hall–Kier alpha value is -1.35.